The predicted molar refractivity (Wildman–Crippen MR) is 138 cm³/mol. The maximum atomic E-state index is 13.1. The van der Waals surface area contributed by atoms with Crippen molar-refractivity contribution in [1.82, 2.24) is 10.2 Å². The van der Waals surface area contributed by atoms with Gasteiger partial charge in [-0.2, -0.15) is 0 Å². The fourth-order valence-electron chi connectivity index (χ4n) is 4.31. The van der Waals surface area contributed by atoms with E-state index in [0.717, 1.165) is 11.1 Å². The first-order valence-corrected chi connectivity index (χ1v) is 12.6. The molecule has 192 valence electrons. The molecular formula is C29H36N2O5. The highest BCUT2D eigenvalue weighted by Crippen LogP contribution is 2.19. The molecule has 2 aromatic carbocycles. The molecule has 0 radical (unpaired) electrons. The number of nitrogens with one attached hydrogen (secondary N) is 1. The van der Waals surface area contributed by atoms with Crippen molar-refractivity contribution >= 4 is 17.8 Å². The van der Waals surface area contributed by atoms with Crippen LogP contribution in [0.25, 0.3) is 0 Å². The number of carbonyl (C=O) groups is 3. The molecule has 0 unspecified atom stereocenters. The smallest absolute Gasteiger partial charge is 0.309 e. The van der Waals surface area contributed by atoms with Crippen LogP contribution in [0.4, 0.5) is 0 Å². The van der Waals surface area contributed by atoms with Gasteiger partial charge in [0.1, 0.15) is 6.61 Å². The monoisotopic (exact) mass is 492 g/mol. The third-order valence-corrected chi connectivity index (χ3v) is 6.30. The Bertz CT molecular complexity index is 993. The summed E-state index contributed by atoms with van der Waals surface area (Å²) in [5.41, 5.74) is 2.05. The van der Waals surface area contributed by atoms with Crippen molar-refractivity contribution in [3.63, 3.8) is 0 Å². The standard InChI is InChI=1S/C29H36N2O5/c32-18-17-31(22-24-12-6-2-7-13-24)27(33)21-25-14-8-3-9-15-26(20-23-10-4-1-5-11-23)29(35)36-19-16-30-28(25)34/h1-8,10-13,25-26,32H,9,14-22H2,(H,30,34)/t25-,26-/m1/s1. The van der Waals surface area contributed by atoms with Gasteiger partial charge in [0, 0.05) is 19.5 Å². The maximum Gasteiger partial charge on any atom is 0.309 e. The van der Waals surface area contributed by atoms with Crippen molar-refractivity contribution in [2.75, 3.05) is 26.3 Å². The Morgan fingerprint density at radius 3 is 2.36 bits per heavy atom. The molecule has 0 bridgehead atoms. The molecule has 2 N–H and O–H groups in total. The second-order valence-electron chi connectivity index (χ2n) is 9.06. The average molecular weight is 493 g/mol. The van der Waals surface area contributed by atoms with Crippen LogP contribution in [-0.2, 0) is 32.1 Å². The number of aliphatic hydroxyl groups is 1. The summed E-state index contributed by atoms with van der Waals surface area (Å²) >= 11 is 0. The van der Waals surface area contributed by atoms with Crippen LogP contribution in [0, 0.1) is 11.8 Å². The fourth-order valence-corrected chi connectivity index (χ4v) is 4.31. The Morgan fingerprint density at radius 2 is 1.67 bits per heavy atom. The summed E-state index contributed by atoms with van der Waals surface area (Å²) in [6, 6.07) is 19.4. The lowest BCUT2D eigenvalue weighted by Gasteiger charge is -2.24. The summed E-state index contributed by atoms with van der Waals surface area (Å²) in [6.45, 7) is 0.723. The number of cyclic esters (lactones) is 1. The molecule has 0 saturated carbocycles. The molecule has 2 amide bonds. The highest BCUT2D eigenvalue weighted by atomic mass is 16.5. The number of carbonyl (C=O) groups excluding carboxylic acids is 3. The Labute approximate surface area is 213 Å². The van der Waals surface area contributed by atoms with Crippen LogP contribution in [0.5, 0.6) is 0 Å². The zero-order valence-electron chi connectivity index (χ0n) is 20.7. The fraction of sp³-hybridized carbons (Fsp3) is 0.414. The van der Waals surface area contributed by atoms with E-state index in [1.165, 1.54) is 0 Å². The molecule has 1 heterocycles. The van der Waals surface area contributed by atoms with Gasteiger partial charge >= 0.3 is 5.97 Å². The lowest BCUT2D eigenvalue weighted by molar-refractivity contribution is -0.149. The average Bonchev–Trinajstić information content (AvgIpc) is 2.90. The summed E-state index contributed by atoms with van der Waals surface area (Å²) in [5, 5.41) is 12.3. The van der Waals surface area contributed by atoms with Gasteiger partial charge in [-0.05, 0) is 36.8 Å². The van der Waals surface area contributed by atoms with E-state index in [1.54, 1.807) is 4.90 Å². The molecule has 3 rings (SSSR count). The number of rotatable bonds is 8. The zero-order chi connectivity index (χ0) is 25.6. The number of esters is 1. The van der Waals surface area contributed by atoms with Crippen LogP contribution in [0.2, 0.25) is 0 Å². The first-order chi connectivity index (χ1) is 17.6. The number of hydrogen-bond acceptors (Lipinski definition) is 5. The Kier molecular flexibility index (Phi) is 11.2. The van der Waals surface area contributed by atoms with E-state index in [-0.39, 0.29) is 56.4 Å². The van der Waals surface area contributed by atoms with Crippen molar-refractivity contribution in [2.45, 2.75) is 38.6 Å². The largest absolute Gasteiger partial charge is 0.464 e. The van der Waals surface area contributed by atoms with E-state index in [2.05, 4.69) is 5.32 Å². The topological polar surface area (TPSA) is 95.9 Å². The molecule has 0 aromatic heterocycles. The van der Waals surface area contributed by atoms with Gasteiger partial charge in [0.05, 0.1) is 25.0 Å². The van der Waals surface area contributed by atoms with Gasteiger partial charge in [-0.15, -0.1) is 0 Å². The lowest BCUT2D eigenvalue weighted by Crippen LogP contribution is -2.39. The molecule has 7 nitrogen and oxygen atoms in total. The van der Waals surface area contributed by atoms with E-state index >= 15 is 0 Å². The number of nitrogens with zero attached hydrogens (tertiary/aromatic N) is 1. The third-order valence-electron chi connectivity index (χ3n) is 6.30. The third kappa shape index (κ3) is 8.96. The van der Waals surface area contributed by atoms with Crippen molar-refractivity contribution in [2.24, 2.45) is 11.8 Å². The number of benzene rings is 2. The minimum atomic E-state index is -0.540. The van der Waals surface area contributed by atoms with Crippen LogP contribution in [-0.4, -0.2) is 54.1 Å². The first-order valence-electron chi connectivity index (χ1n) is 12.6. The first kappa shape index (κ1) is 27.1. The number of amides is 2. The van der Waals surface area contributed by atoms with Crippen LogP contribution in [0.15, 0.2) is 72.8 Å². The number of aliphatic hydroxyl groups excluding tert-OH is 1. The summed E-state index contributed by atoms with van der Waals surface area (Å²) in [4.78, 5) is 40.2. The van der Waals surface area contributed by atoms with Crippen LogP contribution >= 0.6 is 0 Å². The van der Waals surface area contributed by atoms with Gasteiger partial charge < -0.3 is 20.1 Å². The summed E-state index contributed by atoms with van der Waals surface area (Å²) in [5.74, 6) is -1.47. The van der Waals surface area contributed by atoms with E-state index in [0.29, 0.717) is 32.2 Å². The van der Waals surface area contributed by atoms with Gasteiger partial charge in [-0.3, -0.25) is 14.4 Å². The van der Waals surface area contributed by atoms with Crippen molar-refractivity contribution < 1.29 is 24.2 Å². The normalized spacial score (nSPS) is 19.2. The van der Waals surface area contributed by atoms with E-state index in [1.807, 2.05) is 72.8 Å². The Balaban J connectivity index is 1.62. The molecule has 36 heavy (non-hydrogen) atoms. The Morgan fingerprint density at radius 1 is 0.972 bits per heavy atom. The van der Waals surface area contributed by atoms with Crippen LogP contribution < -0.4 is 5.32 Å². The van der Waals surface area contributed by atoms with Crippen molar-refractivity contribution in [3.8, 4) is 0 Å². The van der Waals surface area contributed by atoms with Crippen molar-refractivity contribution in [1.29, 1.82) is 0 Å². The maximum absolute atomic E-state index is 13.1. The SMILES string of the molecule is O=C1NCCOC(=O)[C@@H](Cc2ccccc2)CCC=CC[C@@H]1CC(=O)N(CCO)Cc1ccccc1. The number of ether oxygens (including phenoxy) is 1. The molecule has 0 aliphatic carbocycles. The summed E-state index contributed by atoms with van der Waals surface area (Å²) in [6.07, 6.45) is 6.31. The molecule has 1 aliphatic heterocycles. The van der Waals surface area contributed by atoms with Gasteiger partial charge in [0.25, 0.3) is 0 Å². The van der Waals surface area contributed by atoms with Crippen molar-refractivity contribution in [3.05, 3.63) is 83.9 Å². The van der Waals surface area contributed by atoms with E-state index in [4.69, 9.17) is 4.74 Å². The van der Waals surface area contributed by atoms with Gasteiger partial charge in [0.2, 0.25) is 11.8 Å². The van der Waals surface area contributed by atoms with Gasteiger partial charge in [0.15, 0.2) is 0 Å². The van der Waals surface area contributed by atoms with Crippen LogP contribution in [0.1, 0.15) is 36.8 Å². The Hall–Kier alpha value is -3.45. The minimum absolute atomic E-state index is 0.0411. The zero-order valence-corrected chi connectivity index (χ0v) is 20.7. The second kappa shape index (κ2) is 14.8. The minimum Gasteiger partial charge on any atom is -0.464 e. The molecule has 7 heteroatoms. The lowest BCUT2D eigenvalue weighted by atomic mass is 9.94. The summed E-state index contributed by atoms with van der Waals surface area (Å²) in [7, 11) is 0. The number of allylic oxidation sites excluding steroid dienone is 2. The highest BCUT2D eigenvalue weighted by molar-refractivity contribution is 5.86. The van der Waals surface area contributed by atoms with Gasteiger partial charge in [-0.1, -0.05) is 72.8 Å². The van der Waals surface area contributed by atoms with E-state index in [9.17, 15) is 19.5 Å². The highest BCUT2D eigenvalue weighted by Gasteiger charge is 2.25. The molecule has 0 saturated heterocycles. The van der Waals surface area contributed by atoms with Gasteiger partial charge in [-0.25, -0.2) is 0 Å². The molecule has 0 spiro atoms. The summed E-state index contributed by atoms with van der Waals surface area (Å²) < 4.78 is 5.46. The van der Waals surface area contributed by atoms with E-state index < -0.39 is 5.92 Å². The quantitative estimate of drug-likeness (QED) is 0.436. The second-order valence-corrected chi connectivity index (χ2v) is 9.06. The predicted octanol–water partition coefficient (Wildman–Crippen LogP) is 3.27. The molecule has 2 atom stereocenters. The molecule has 1 aliphatic rings. The van der Waals surface area contributed by atoms with Crippen LogP contribution in [0.3, 0.4) is 0 Å². The molecular weight excluding hydrogens is 456 g/mol. The number of hydrogen-bond donors (Lipinski definition) is 2. The molecule has 2 aromatic rings. The molecule has 0 fully saturated rings.